The number of sulfonamides is 1. The van der Waals surface area contributed by atoms with Gasteiger partial charge in [-0.05, 0) is 49.4 Å². The van der Waals surface area contributed by atoms with Crippen LogP contribution in [0.4, 0.5) is 5.69 Å². The number of anilines is 1. The van der Waals surface area contributed by atoms with Crippen molar-refractivity contribution in [1.82, 2.24) is 4.31 Å². The lowest BCUT2D eigenvalue weighted by Crippen LogP contribution is -2.35. The number of nitrogens with one attached hydrogen (secondary N) is 1. The molecule has 0 aliphatic carbocycles. The van der Waals surface area contributed by atoms with Crippen LogP contribution in [0.3, 0.4) is 0 Å². The van der Waals surface area contributed by atoms with Crippen LogP contribution in [0, 0.1) is 0 Å². The molecule has 3 rings (SSSR count). The Morgan fingerprint density at radius 2 is 1.82 bits per heavy atom. The van der Waals surface area contributed by atoms with Crippen LogP contribution in [-0.4, -0.2) is 45.1 Å². The molecule has 0 atom stereocenters. The number of hydrogen-bond donors (Lipinski definition) is 1. The van der Waals surface area contributed by atoms with Gasteiger partial charge in [0.15, 0.2) is 0 Å². The number of amides is 1. The molecule has 1 fully saturated rings. The first-order valence-electron chi connectivity index (χ1n) is 9.10. The summed E-state index contributed by atoms with van der Waals surface area (Å²) in [5, 5.41) is 2.86. The largest absolute Gasteiger partial charge is 0.496 e. The molecule has 1 saturated heterocycles. The molecule has 1 N–H and O–H groups in total. The molecule has 1 aliphatic rings. The second-order valence-corrected chi connectivity index (χ2v) is 9.27. The van der Waals surface area contributed by atoms with Gasteiger partial charge in [0.05, 0.1) is 23.3 Å². The van der Waals surface area contributed by atoms with Crippen LogP contribution in [0.5, 0.6) is 5.75 Å². The lowest BCUT2D eigenvalue weighted by atomic mass is 10.2. The zero-order valence-electron chi connectivity index (χ0n) is 16.0. The number of carbonyl (C=O) groups is 1. The highest BCUT2D eigenvalue weighted by Gasteiger charge is 2.27. The quantitative estimate of drug-likeness (QED) is 0.719. The number of methoxy groups -OCH3 is 1. The smallest absolute Gasteiger partial charge is 0.259 e. The zero-order chi connectivity index (χ0) is 20.1. The molecule has 2 aromatic carbocycles. The summed E-state index contributed by atoms with van der Waals surface area (Å²) in [6.45, 7) is 1.02. The maximum atomic E-state index is 13.0. The van der Waals surface area contributed by atoms with Crippen molar-refractivity contribution in [3.8, 4) is 5.75 Å². The Kier molecular flexibility index (Phi) is 6.64. The highest BCUT2D eigenvalue weighted by molar-refractivity contribution is 7.98. The Balaban J connectivity index is 1.93. The molecule has 6 nitrogen and oxygen atoms in total. The highest BCUT2D eigenvalue weighted by atomic mass is 32.2. The normalized spacial score (nSPS) is 15.2. The fourth-order valence-electron chi connectivity index (χ4n) is 3.22. The van der Waals surface area contributed by atoms with Gasteiger partial charge >= 0.3 is 0 Å². The van der Waals surface area contributed by atoms with Crippen molar-refractivity contribution in [3.05, 3.63) is 48.0 Å². The van der Waals surface area contributed by atoms with Crippen molar-refractivity contribution in [2.45, 2.75) is 29.1 Å². The molecule has 1 aliphatic heterocycles. The van der Waals surface area contributed by atoms with Gasteiger partial charge in [-0.3, -0.25) is 4.79 Å². The molecule has 0 unspecified atom stereocenters. The van der Waals surface area contributed by atoms with E-state index in [1.54, 1.807) is 0 Å². The molecule has 2 aromatic rings. The number of carbonyl (C=O) groups excluding carboxylic acids is 1. The van der Waals surface area contributed by atoms with Crippen LogP contribution in [0.15, 0.2) is 52.3 Å². The van der Waals surface area contributed by atoms with Gasteiger partial charge in [0.25, 0.3) is 5.91 Å². The molecule has 0 saturated carbocycles. The molecular weight excluding hydrogens is 396 g/mol. The van der Waals surface area contributed by atoms with Crippen LogP contribution in [0.25, 0.3) is 0 Å². The Morgan fingerprint density at radius 3 is 2.50 bits per heavy atom. The SMILES string of the molecule is COc1ccc(S(=O)(=O)N2CCCCC2)cc1C(=O)Nc1ccccc1SC. The molecule has 0 radical (unpaired) electrons. The fraction of sp³-hybridized carbons (Fsp3) is 0.350. The van der Waals surface area contributed by atoms with Gasteiger partial charge in [0.2, 0.25) is 10.0 Å². The Hall–Kier alpha value is -2.03. The number of rotatable bonds is 6. The minimum atomic E-state index is -3.64. The maximum absolute atomic E-state index is 13.0. The maximum Gasteiger partial charge on any atom is 0.259 e. The number of nitrogens with zero attached hydrogens (tertiary/aromatic N) is 1. The van der Waals surface area contributed by atoms with E-state index < -0.39 is 15.9 Å². The average Bonchev–Trinajstić information content (AvgIpc) is 2.74. The van der Waals surface area contributed by atoms with Crippen molar-refractivity contribution < 1.29 is 17.9 Å². The van der Waals surface area contributed by atoms with Crippen LogP contribution < -0.4 is 10.1 Å². The van der Waals surface area contributed by atoms with Gasteiger partial charge < -0.3 is 10.1 Å². The Morgan fingerprint density at radius 1 is 1.11 bits per heavy atom. The van der Waals surface area contributed by atoms with Gasteiger partial charge in [0, 0.05) is 18.0 Å². The predicted molar refractivity (Wildman–Crippen MR) is 112 cm³/mol. The summed E-state index contributed by atoms with van der Waals surface area (Å²) in [5.41, 5.74) is 0.864. The third kappa shape index (κ3) is 4.34. The minimum absolute atomic E-state index is 0.110. The first-order chi connectivity index (χ1) is 13.5. The van der Waals surface area contributed by atoms with E-state index in [4.69, 9.17) is 4.74 Å². The van der Waals surface area contributed by atoms with Crippen molar-refractivity contribution in [3.63, 3.8) is 0 Å². The zero-order valence-corrected chi connectivity index (χ0v) is 17.6. The van der Waals surface area contributed by atoms with Crippen molar-refractivity contribution in [2.24, 2.45) is 0 Å². The molecule has 0 bridgehead atoms. The molecule has 150 valence electrons. The molecule has 8 heteroatoms. The standard InChI is InChI=1S/C20H24N2O4S2/c1-26-18-11-10-15(28(24,25)22-12-6-3-7-13-22)14-16(18)20(23)21-17-8-4-5-9-19(17)27-2/h4-5,8-11,14H,3,6-7,12-13H2,1-2H3,(H,21,23). The van der Waals surface area contributed by atoms with Crippen LogP contribution in [0.2, 0.25) is 0 Å². The first kappa shape index (κ1) is 20.7. The lowest BCUT2D eigenvalue weighted by molar-refractivity contribution is 0.102. The average molecular weight is 421 g/mol. The van der Waals surface area contributed by atoms with E-state index in [-0.39, 0.29) is 10.5 Å². The van der Waals surface area contributed by atoms with Crippen molar-refractivity contribution >= 4 is 33.4 Å². The van der Waals surface area contributed by atoms with E-state index in [0.29, 0.717) is 24.5 Å². The highest BCUT2D eigenvalue weighted by Crippen LogP contribution is 2.29. The third-order valence-electron chi connectivity index (χ3n) is 4.72. The van der Waals surface area contributed by atoms with E-state index >= 15 is 0 Å². The summed E-state index contributed by atoms with van der Waals surface area (Å²) in [4.78, 5) is 13.9. The monoisotopic (exact) mass is 420 g/mol. The number of ether oxygens (including phenoxy) is 1. The molecule has 1 heterocycles. The van der Waals surface area contributed by atoms with Crippen LogP contribution >= 0.6 is 11.8 Å². The summed E-state index contributed by atoms with van der Waals surface area (Å²) < 4.78 is 32.7. The number of thioether (sulfide) groups is 1. The van der Waals surface area contributed by atoms with Gasteiger partial charge in [-0.15, -0.1) is 11.8 Å². The molecular formula is C20H24N2O4S2. The van der Waals surface area contributed by atoms with E-state index in [1.165, 1.54) is 41.4 Å². The number of hydrogen-bond acceptors (Lipinski definition) is 5. The molecule has 0 aromatic heterocycles. The second-order valence-electron chi connectivity index (χ2n) is 6.48. The second kappa shape index (κ2) is 8.98. The van der Waals surface area contributed by atoms with E-state index in [9.17, 15) is 13.2 Å². The third-order valence-corrected chi connectivity index (χ3v) is 7.41. The van der Waals surface area contributed by atoms with Crippen LogP contribution in [-0.2, 0) is 10.0 Å². The van der Waals surface area contributed by atoms with Gasteiger partial charge in [-0.25, -0.2) is 8.42 Å². The number of para-hydroxylation sites is 1. The van der Waals surface area contributed by atoms with E-state index in [0.717, 1.165) is 24.2 Å². The summed E-state index contributed by atoms with van der Waals surface area (Å²) in [5.74, 6) is -0.0780. The van der Waals surface area contributed by atoms with Gasteiger partial charge in [-0.1, -0.05) is 18.6 Å². The van der Waals surface area contributed by atoms with Gasteiger partial charge in [-0.2, -0.15) is 4.31 Å². The molecule has 28 heavy (non-hydrogen) atoms. The Bertz CT molecular complexity index is 954. The first-order valence-corrected chi connectivity index (χ1v) is 11.8. The summed E-state index contributed by atoms with van der Waals surface area (Å²) >= 11 is 1.52. The number of piperidine rings is 1. The molecule has 0 spiro atoms. The number of benzene rings is 2. The van der Waals surface area contributed by atoms with Crippen molar-refractivity contribution in [1.29, 1.82) is 0 Å². The minimum Gasteiger partial charge on any atom is -0.496 e. The summed E-state index contributed by atoms with van der Waals surface area (Å²) in [6.07, 6.45) is 4.68. The fourth-order valence-corrected chi connectivity index (χ4v) is 5.31. The summed E-state index contributed by atoms with van der Waals surface area (Å²) in [6, 6.07) is 11.9. The van der Waals surface area contributed by atoms with Crippen LogP contribution in [0.1, 0.15) is 29.6 Å². The van der Waals surface area contributed by atoms with E-state index in [2.05, 4.69) is 5.32 Å². The lowest BCUT2D eigenvalue weighted by Gasteiger charge is -2.26. The van der Waals surface area contributed by atoms with Gasteiger partial charge in [0.1, 0.15) is 5.75 Å². The van der Waals surface area contributed by atoms with E-state index in [1.807, 2.05) is 30.5 Å². The van der Waals surface area contributed by atoms with Crippen molar-refractivity contribution in [2.75, 3.05) is 31.8 Å². The topological polar surface area (TPSA) is 75.7 Å². The molecule has 1 amide bonds. The summed E-state index contributed by atoms with van der Waals surface area (Å²) in [7, 11) is -2.18. The Labute approximate surface area is 170 Å². The predicted octanol–water partition coefficient (Wildman–Crippen LogP) is 3.84.